The van der Waals surface area contributed by atoms with Crippen LogP contribution in [0, 0.1) is 5.82 Å². The van der Waals surface area contributed by atoms with Gasteiger partial charge >= 0.3 is 5.97 Å². The van der Waals surface area contributed by atoms with Crippen LogP contribution in [0.1, 0.15) is 49.1 Å². The Kier molecular flexibility index (Phi) is 5.84. The van der Waals surface area contributed by atoms with Crippen molar-refractivity contribution in [1.82, 2.24) is 19.7 Å². The maximum atomic E-state index is 13.5. The van der Waals surface area contributed by atoms with E-state index in [4.69, 9.17) is 5.11 Å². The number of carboxylic acids is 1. The van der Waals surface area contributed by atoms with Crippen molar-refractivity contribution < 1.29 is 19.1 Å². The molecule has 0 saturated carbocycles. The minimum absolute atomic E-state index is 0.00536. The lowest BCUT2D eigenvalue weighted by Crippen LogP contribution is -2.29. The summed E-state index contributed by atoms with van der Waals surface area (Å²) >= 11 is 0. The Morgan fingerprint density at radius 1 is 1.36 bits per heavy atom. The zero-order valence-electron chi connectivity index (χ0n) is 14.4. The molecule has 1 heterocycles. The van der Waals surface area contributed by atoms with E-state index < -0.39 is 17.7 Å². The number of rotatable bonds is 7. The Labute approximate surface area is 145 Å². The van der Waals surface area contributed by atoms with Crippen LogP contribution in [0.15, 0.2) is 24.3 Å². The molecule has 7 nitrogen and oxygen atoms in total. The highest BCUT2D eigenvalue weighted by Crippen LogP contribution is 2.18. The molecule has 134 valence electrons. The SMILES string of the molecule is CC(C)c1nc(C(=O)N(C)CCCC(=O)O)nn1-c1cccc(F)c1. The standard InChI is InChI=1S/C17H21FN4O3/c1-11(2)16-19-15(17(25)21(3)9-5-8-14(23)24)20-22(16)13-7-4-6-12(18)10-13/h4,6-7,10-11H,5,8-9H2,1-3H3,(H,23,24). The van der Waals surface area contributed by atoms with Gasteiger partial charge in [0.1, 0.15) is 11.6 Å². The summed E-state index contributed by atoms with van der Waals surface area (Å²) in [4.78, 5) is 28.7. The van der Waals surface area contributed by atoms with E-state index in [-0.39, 0.29) is 24.7 Å². The van der Waals surface area contributed by atoms with Crippen LogP contribution in [0.5, 0.6) is 0 Å². The second-order valence-corrected chi connectivity index (χ2v) is 6.06. The summed E-state index contributed by atoms with van der Waals surface area (Å²) in [6.07, 6.45) is 0.333. The summed E-state index contributed by atoms with van der Waals surface area (Å²) in [7, 11) is 1.57. The van der Waals surface area contributed by atoms with Gasteiger partial charge in [-0.1, -0.05) is 19.9 Å². The average Bonchev–Trinajstić information content (AvgIpc) is 2.99. The number of carbonyl (C=O) groups is 2. The van der Waals surface area contributed by atoms with Gasteiger partial charge in [0.2, 0.25) is 5.82 Å². The lowest BCUT2D eigenvalue weighted by atomic mass is 10.2. The van der Waals surface area contributed by atoms with Gasteiger partial charge in [0.15, 0.2) is 0 Å². The minimum Gasteiger partial charge on any atom is -0.481 e. The van der Waals surface area contributed by atoms with E-state index in [0.717, 1.165) is 0 Å². The number of halogens is 1. The zero-order chi connectivity index (χ0) is 18.6. The molecule has 1 aromatic heterocycles. The molecule has 8 heteroatoms. The first-order valence-electron chi connectivity index (χ1n) is 7.99. The van der Waals surface area contributed by atoms with Crippen molar-refractivity contribution in [2.24, 2.45) is 0 Å². The van der Waals surface area contributed by atoms with Crippen molar-refractivity contribution in [3.63, 3.8) is 0 Å². The molecule has 0 bridgehead atoms. The number of aromatic nitrogens is 3. The first kappa shape index (κ1) is 18.6. The van der Waals surface area contributed by atoms with E-state index in [1.807, 2.05) is 13.8 Å². The lowest BCUT2D eigenvalue weighted by molar-refractivity contribution is -0.137. The molecule has 1 N–H and O–H groups in total. The van der Waals surface area contributed by atoms with Crippen LogP contribution in [0.3, 0.4) is 0 Å². The summed E-state index contributed by atoms with van der Waals surface area (Å²) in [6, 6.07) is 5.91. The number of benzene rings is 1. The fourth-order valence-electron chi connectivity index (χ4n) is 2.33. The molecule has 2 aromatic rings. The predicted molar refractivity (Wildman–Crippen MR) is 89.2 cm³/mol. The van der Waals surface area contributed by atoms with Gasteiger partial charge in [0.25, 0.3) is 5.91 Å². The molecular weight excluding hydrogens is 327 g/mol. The molecule has 1 amide bonds. The van der Waals surface area contributed by atoms with Gasteiger partial charge in [-0.25, -0.2) is 14.1 Å². The Bertz CT molecular complexity index is 773. The number of nitrogens with zero attached hydrogens (tertiary/aromatic N) is 4. The monoisotopic (exact) mass is 348 g/mol. The third kappa shape index (κ3) is 4.62. The maximum Gasteiger partial charge on any atom is 0.303 e. The van der Waals surface area contributed by atoms with Crippen LogP contribution >= 0.6 is 0 Å². The third-order valence-corrected chi connectivity index (χ3v) is 3.62. The molecule has 0 aliphatic rings. The van der Waals surface area contributed by atoms with Gasteiger partial charge in [0.05, 0.1) is 5.69 Å². The molecule has 0 fully saturated rings. The zero-order valence-corrected chi connectivity index (χ0v) is 14.4. The van der Waals surface area contributed by atoms with E-state index in [9.17, 15) is 14.0 Å². The number of carbonyl (C=O) groups excluding carboxylic acids is 1. The molecule has 0 saturated heterocycles. The van der Waals surface area contributed by atoms with Crippen molar-refractivity contribution in [3.05, 3.63) is 41.7 Å². The highest BCUT2D eigenvalue weighted by Gasteiger charge is 2.22. The third-order valence-electron chi connectivity index (χ3n) is 3.62. The van der Waals surface area contributed by atoms with Crippen LogP contribution in [0.4, 0.5) is 4.39 Å². The van der Waals surface area contributed by atoms with E-state index >= 15 is 0 Å². The molecule has 2 rings (SSSR count). The van der Waals surface area contributed by atoms with Crippen LogP contribution < -0.4 is 0 Å². The second-order valence-electron chi connectivity index (χ2n) is 6.06. The van der Waals surface area contributed by atoms with Crippen LogP contribution in [0.25, 0.3) is 5.69 Å². The van der Waals surface area contributed by atoms with Crippen LogP contribution in [-0.4, -0.2) is 50.2 Å². The summed E-state index contributed by atoms with van der Waals surface area (Å²) in [5.41, 5.74) is 0.490. The smallest absolute Gasteiger partial charge is 0.303 e. The highest BCUT2D eigenvalue weighted by atomic mass is 19.1. The van der Waals surface area contributed by atoms with Gasteiger partial charge in [0, 0.05) is 25.9 Å². The second kappa shape index (κ2) is 7.87. The molecule has 25 heavy (non-hydrogen) atoms. The van der Waals surface area contributed by atoms with Gasteiger partial charge in [-0.3, -0.25) is 9.59 Å². The van der Waals surface area contributed by atoms with Crippen molar-refractivity contribution in [2.45, 2.75) is 32.6 Å². The summed E-state index contributed by atoms with van der Waals surface area (Å²) in [5, 5.41) is 12.9. The normalized spacial score (nSPS) is 10.9. The molecule has 1 aromatic carbocycles. The van der Waals surface area contributed by atoms with Gasteiger partial charge in [-0.2, -0.15) is 0 Å². The van der Waals surface area contributed by atoms with Crippen LogP contribution in [0.2, 0.25) is 0 Å². The fourth-order valence-corrected chi connectivity index (χ4v) is 2.33. The number of amides is 1. The van der Waals surface area contributed by atoms with E-state index in [1.165, 1.54) is 21.7 Å². The Balaban J connectivity index is 2.26. The topological polar surface area (TPSA) is 88.3 Å². The van der Waals surface area contributed by atoms with Crippen molar-refractivity contribution in [1.29, 1.82) is 0 Å². The number of aliphatic carboxylic acids is 1. The van der Waals surface area contributed by atoms with Gasteiger partial charge < -0.3 is 10.0 Å². The lowest BCUT2D eigenvalue weighted by Gasteiger charge is -2.14. The van der Waals surface area contributed by atoms with Gasteiger partial charge in [-0.15, -0.1) is 5.10 Å². The first-order valence-corrected chi connectivity index (χ1v) is 7.99. The molecule has 0 aliphatic heterocycles. The highest BCUT2D eigenvalue weighted by molar-refractivity contribution is 5.90. The Hall–Kier alpha value is -2.77. The number of hydrogen-bond acceptors (Lipinski definition) is 4. The van der Waals surface area contributed by atoms with Crippen LogP contribution in [-0.2, 0) is 4.79 Å². The summed E-state index contributed by atoms with van der Waals surface area (Å²) in [6.45, 7) is 4.10. The maximum absolute atomic E-state index is 13.5. The van der Waals surface area contributed by atoms with E-state index in [2.05, 4.69) is 10.1 Å². The Morgan fingerprint density at radius 2 is 2.08 bits per heavy atom. The molecule has 0 radical (unpaired) electrons. The minimum atomic E-state index is -0.906. The summed E-state index contributed by atoms with van der Waals surface area (Å²) < 4.78 is 15.0. The molecule has 0 atom stereocenters. The van der Waals surface area contributed by atoms with Gasteiger partial charge in [-0.05, 0) is 24.6 Å². The van der Waals surface area contributed by atoms with Crippen molar-refractivity contribution in [3.8, 4) is 5.69 Å². The quantitative estimate of drug-likeness (QED) is 0.830. The first-order chi connectivity index (χ1) is 11.8. The molecule has 0 unspecified atom stereocenters. The van der Waals surface area contributed by atoms with Crippen molar-refractivity contribution >= 4 is 11.9 Å². The average molecular weight is 348 g/mol. The number of carboxylic acid groups (broad SMARTS) is 1. The molecule has 0 spiro atoms. The summed E-state index contributed by atoms with van der Waals surface area (Å²) in [5.74, 6) is -1.17. The fraction of sp³-hybridized carbons (Fsp3) is 0.412. The van der Waals surface area contributed by atoms with Crippen molar-refractivity contribution in [2.75, 3.05) is 13.6 Å². The molecular formula is C17H21FN4O3. The Morgan fingerprint density at radius 3 is 2.68 bits per heavy atom. The number of hydrogen-bond donors (Lipinski definition) is 1. The molecule has 0 aliphatic carbocycles. The predicted octanol–water partition coefficient (Wildman–Crippen LogP) is 2.47. The van der Waals surface area contributed by atoms with E-state index in [1.54, 1.807) is 19.2 Å². The van der Waals surface area contributed by atoms with E-state index in [0.29, 0.717) is 17.9 Å². The largest absolute Gasteiger partial charge is 0.481 e.